The smallest absolute Gasteiger partial charge is 0.307 e. The topological polar surface area (TPSA) is 76.1 Å². The van der Waals surface area contributed by atoms with Gasteiger partial charge in [-0.05, 0) is 37.6 Å². The largest absolute Gasteiger partial charge is 0.497 e. The van der Waals surface area contributed by atoms with Crippen LogP contribution in [-0.4, -0.2) is 54.8 Å². The van der Waals surface area contributed by atoms with E-state index in [1.165, 1.54) is 4.90 Å². The van der Waals surface area contributed by atoms with Crippen LogP contribution in [0, 0.1) is 0 Å². The van der Waals surface area contributed by atoms with Gasteiger partial charge in [0.25, 0.3) is 5.91 Å². The Balaban J connectivity index is 2.88. The van der Waals surface area contributed by atoms with Gasteiger partial charge in [0.15, 0.2) is 0 Å². The number of hydrogen-bond donors (Lipinski definition) is 1. The Bertz CT molecular complexity index is 496. The molecular formula is C17H25NO5. The normalized spacial score (nSPS) is 11.7. The molecule has 1 unspecified atom stereocenters. The van der Waals surface area contributed by atoms with Crippen molar-refractivity contribution in [2.45, 2.75) is 32.7 Å². The molecule has 6 heteroatoms. The second-order valence-corrected chi connectivity index (χ2v) is 5.03. The van der Waals surface area contributed by atoms with Gasteiger partial charge in [-0.3, -0.25) is 9.59 Å². The molecule has 0 aromatic heterocycles. The highest BCUT2D eigenvalue weighted by Gasteiger charge is 2.24. The summed E-state index contributed by atoms with van der Waals surface area (Å²) in [6.07, 6.45) is 0.702. The van der Waals surface area contributed by atoms with Gasteiger partial charge in [0.05, 0.1) is 32.8 Å². The Labute approximate surface area is 137 Å². The first kappa shape index (κ1) is 19.0. The lowest BCUT2D eigenvalue weighted by Crippen LogP contribution is -2.43. The van der Waals surface area contributed by atoms with E-state index in [0.717, 1.165) is 0 Å². The number of carbonyl (C=O) groups excluding carboxylic acids is 2. The van der Waals surface area contributed by atoms with Crippen LogP contribution in [0.5, 0.6) is 5.75 Å². The number of aliphatic hydroxyl groups excluding tert-OH is 1. The maximum absolute atomic E-state index is 12.7. The van der Waals surface area contributed by atoms with Crippen LogP contribution >= 0.6 is 0 Å². The van der Waals surface area contributed by atoms with Crippen LogP contribution in [0.25, 0.3) is 0 Å². The van der Waals surface area contributed by atoms with Crippen molar-refractivity contribution in [3.05, 3.63) is 29.8 Å². The molecule has 1 rings (SSSR count). The third kappa shape index (κ3) is 5.56. The Morgan fingerprint density at radius 2 is 1.87 bits per heavy atom. The summed E-state index contributed by atoms with van der Waals surface area (Å²) in [7, 11) is 1.56. The van der Waals surface area contributed by atoms with E-state index >= 15 is 0 Å². The Kier molecular flexibility index (Phi) is 8.11. The fourth-order valence-corrected chi connectivity index (χ4v) is 2.24. The molecule has 0 saturated heterocycles. The Hall–Kier alpha value is -2.08. The van der Waals surface area contributed by atoms with Crippen LogP contribution in [0.15, 0.2) is 24.3 Å². The highest BCUT2D eigenvalue weighted by molar-refractivity contribution is 5.94. The predicted molar refractivity (Wildman–Crippen MR) is 86.4 cm³/mol. The molecule has 1 aromatic carbocycles. The number of carbonyl (C=O) groups is 2. The molecule has 0 saturated carbocycles. The summed E-state index contributed by atoms with van der Waals surface area (Å²) in [5.74, 6) is 0.0829. The molecule has 23 heavy (non-hydrogen) atoms. The second kappa shape index (κ2) is 9.84. The lowest BCUT2D eigenvalue weighted by molar-refractivity contribution is -0.143. The van der Waals surface area contributed by atoms with Crippen molar-refractivity contribution >= 4 is 11.9 Å². The van der Waals surface area contributed by atoms with Gasteiger partial charge in [-0.2, -0.15) is 0 Å². The molecule has 0 aliphatic rings. The maximum atomic E-state index is 12.7. The zero-order valence-electron chi connectivity index (χ0n) is 13.9. The van der Waals surface area contributed by atoms with Crippen molar-refractivity contribution < 1.29 is 24.2 Å². The second-order valence-electron chi connectivity index (χ2n) is 5.03. The molecule has 1 N–H and O–H groups in total. The number of rotatable bonds is 9. The highest BCUT2D eigenvalue weighted by Crippen LogP contribution is 2.16. The van der Waals surface area contributed by atoms with Crippen molar-refractivity contribution in [1.29, 1.82) is 0 Å². The monoisotopic (exact) mass is 323 g/mol. The van der Waals surface area contributed by atoms with Crippen molar-refractivity contribution in [2.75, 3.05) is 26.9 Å². The molecular weight excluding hydrogens is 298 g/mol. The SMILES string of the molecule is CCOC(=O)CCN(C(=O)c1ccc(OC)cc1)C(CC)CO. The van der Waals surface area contributed by atoms with E-state index in [4.69, 9.17) is 9.47 Å². The molecule has 1 amide bonds. The van der Waals surface area contributed by atoms with Crippen LogP contribution < -0.4 is 4.74 Å². The number of benzene rings is 1. The molecule has 0 fully saturated rings. The molecule has 0 radical (unpaired) electrons. The number of aliphatic hydroxyl groups is 1. The Morgan fingerprint density at radius 1 is 1.22 bits per heavy atom. The molecule has 128 valence electrons. The van der Waals surface area contributed by atoms with Crippen LogP contribution in [0.3, 0.4) is 0 Å². The van der Waals surface area contributed by atoms with E-state index in [1.54, 1.807) is 38.3 Å². The summed E-state index contributed by atoms with van der Waals surface area (Å²) in [5.41, 5.74) is 0.488. The Morgan fingerprint density at radius 3 is 2.35 bits per heavy atom. The van der Waals surface area contributed by atoms with Gasteiger partial charge in [-0.1, -0.05) is 6.92 Å². The molecule has 0 heterocycles. The molecule has 0 spiro atoms. The first-order valence-corrected chi connectivity index (χ1v) is 7.78. The van der Waals surface area contributed by atoms with Crippen LogP contribution in [0.1, 0.15) is 37.0 Å². The van der Waals surface area contributed by atoms with E-state index < -0.39 is 0 Å². The minimum absolute atomic E-state index is 0.103. The van der Waals surface area contributed by atoms with Gasteiger partial charge < -0.3 is 19.5 Å². The fraction of sp³-hybridized carbons (Fsp3) is 0.529. The van der Waals surface area contributed by atoms with E-state index in [0.29, 0.717) is 24.3 Å². The molecule has 6 nitrogen and oxygen atoms in total. The standard InChI is InChI=1S/C17H25NO5/c1-4-14(12-19)18(11-10-16(20)23-5-2)17(21)13-6-8-15(22-3)9-7-13/h6-9,14,19H,4-5,10-12H2,1-3H3. The zero-order chi connectivity index (χ0) is 17.2. The predicted octanol–water partition coefficient (Wildman–Crippen LogP) is 1.86. The summed E-state index contributed by atoms with van der Waals surface area (Å²) in [5, 5.41) is 9.51. The first-order valence-electron chi connectivity index (χ1n) is 7.78. The van der Waals surface area contributed by atoms with E-state index in [2.05, 4.69) is 0 Å². The van der Waals surface area contributed by atoms with Gasteiger partial charge in [-0.15, -0.1) is 0 Å². The number of amides is 1. The van der Waals surface area contributed by atoms with Gasteiger partial charge in [0.1, 0.15) is 5.75 Å². The van der Waals surface area contributed by atoms with Crippen LogP contribution in [0.4, 0.5) is 0 Å². The third-order valence-electron chi connectivity index (χ3n) is 3.58. The summed E-state index contributed by atoms with van der Waals surface area (Å²) in [4.78, 5) is 25.8. The van der Waals surface area contributed by atoms with E-state index in [-0.39, 0.29) is 37.5 Å². The number of ether oxygens (including phenoxy) is 2. The van der Waals surface area contributed by atoms with Gasteiger partial charge in [0.2, 0.25) is 0 Å². The van der Waals surface area contributed by atoms with Gasteiger partial charge in [0, 0.05) is 12.1 Å². The van der Waals surface area contributed by atoms with Crippen molar-refractivity contribution in [1.82, 2.24) is 4.90 Å². The fourth-order valence-electron chi connectivity index (χ4n) is 2.24. The number of nitrogens with zero attached hydrogens (tertiary/aromatic N) is 1. The summed E-state index contributed by atoms with van der Waals surface area (Å²) in [6.45, 7) is 3.99. The van der Waals surface area contributed by atoms with Crippen molar-refractivity contribution in [2.24, 2.45) is 0 Å². The number of hydrogen-bond acceptors (Lipinski definition) is 5. The molecule has 0 aliphatic carbocycles. The average Bonchev–Trinajstić information content (AvgIpc) is 2.58. The van der Waals surface area contributed by atoms with E-state index in [1.807, 2.05) is 6.92 Å². The third-order valence-corrected chi connectivity index (χ3v) is 3.58. The lowest BCUT2D eigenvalue weighted by Gasteiger charge is -2.30. The maximum Gasteiger partial charge on any atom is 0.307 e. The van der Waals surface area contributed by atoms with Crippen molar-refractivity contribution in [3.63, 3.8) is 0 Å². The molecule has 1 aromatic rings. The summed E-state index contributed by atoms with van der Waals surface area (Å²) in [6, 6.07) is 6.41. The first-order chi connectivity index (χ1) is 11.1. The number of methoxy groups -OCH3 is 1. The van der Waals surface area contributed by atoms with Crippen LogP contribution in [-0.2, 0) is 9.53 Å². The van der Waals surface area contributed by atoms with Gasteiger partial charge >= 0.3 is 5.97 Å². The van der Waals surface area contributed by atoms with Crippen molar-refractivity contribution in [3.8, 4) is 5.75 Å². The molecule has 0 bridgehead atoms. The molecule has 0 aliphatic heterocycles. The quantitative estimate of drug-likeness (QED) is 0.702. The number of esters is 1. The zero-order valence-corrected chi connectivity index (χ0v) is 13.9. The highest BCUT2D eigenvalue weighted by atomic mass is 16.5. The lowest BCUT2D eigenvalue weighted by atomic mass is 10.1. The minimum Gasteiger partial charge on any atom is -0.497 e. The summed E-state index contributed by atoms with van der Waals surface area (Å²) < 4.78 is 9.98. The van der Waals surface area contributed by atoms with E-state index in [9.17, 15) is 14.7 Å². The molecule has 1 atom stereocenters. The average molecular weight is 323 g/mol. The van der Waals surface area contributed by atoms with Gasteiger partial charge in [-0.25, -0.2) is 0 Å². The minimum atomic E-state index is -0.354. The summed E-state index contributed by atoms with van der Waals surface area (Å²) >= 11 is 0. The van der Waals surface area contributed by atoms with Crippen LogP contribution in [0.2, 0.25) is 0 Å².